The first-order valence-corrected chi connectivity index (χ1v) is 10.3. The Morgan fingerprint density at radius 2 is 1.86 bits per heavy atom. The van der Waals surface area contributed by atoms with Gasteiger partial charge in [0.25, 0.3) is 0 Å². The molecule has 150 valence electrons. The van der Waals surface area contributed by atoms with Gasteiger partial charge >= 0.3 is 6.03 Å². The van der Waals surface area contributed by atoms with Crippen LogP contribution in [-0.2, 0) is 12.8 Å². The Morgan fingerprint density at radius 1 is 1.07 bits per heavy atom. The number of aryl methyl sites for hydroxylation is 2. The Bertz CT molecular complexity index is 793. The third-order valence-corrected chi connectivity index (χ3v) is 5.15. The molecule has 6 heteroatoms. The third-order valence-electron chi connectivity index (χ3n) is 5.15. The van der Waals surface area contributed by atoms with E-state index >= 15 is 0 Å². The summed E-state index contributed by atoms with van der Waals surface area (Å²) in [6.45, 7) is 9.91. The maximum absolute atomic E-state index is 12.2. The van der Waals surface area contributed by atoms with Crippen molar-refractivity contribution in [3.05, 3.63) is 53.0 Å². The molecule has 0 bridgehead atoms. The lowest BCUT2D eigenvalue weighted by Gasteiger charge is -2.26. The first-order chi connectivity index (χ1) is 13.6. The summed E-state index contributed by atoms with van der Waals surface area (Å²) < 4.78 is 0. The number of nitrogens with zero attached hydrogens (tertiary/aromatic N) is 4. The summed E-state index contributed by atoms with van der Waals surface area (Å²) in [5.74, 6) is 1.85. The van der Waals surface area contributed by atoms with Crippen LogP contribution < -0.4 is 10.2 Å². The molecule has 0 radical (unpaired) electrons. The van der Waals surface area contributed by atoms with Crippen molar-refractivity contribution in [3.8, 4) is 0 Å². The zero-order valence-corrected chi connectivity index (χ0v) is 17.2. The zero-order valence-electron chi connectivity index (χ0n) is 17.2. The lowest BCUT2D eigenvalue weighted by molar-refractivity contribution is 0.202. The Hall–Kier alpha value is -2.63. The summed E-state index contributed by atoms with van der Waals surface area (Å²) in [5.41, 5.74) is 3.60. The summed E-state index contributed by atoms with van der Waals surface area (Å²) in [4.78, 5) is 26.0. The van der Waals surface area contributed by atoms with Gasteiger partial charge in [-0.15, -0.1) is 0 Å². The normalized spacial score (nSPS) is 14.7. The van der Waals surface area contributed by atoms with Crippen molar-refractivity contribution in [2.45, 2.75) is 40.0 Å². The first kappa shape index (κ1) is 20.1. The molecule has 0 atom stereocenters. The second kappa shape index (κ2) is 9.53. The van der Waals surface area contributed by atoms with E-state index in [9.17, 15) is 4.79 Å². The van der Waals surface area contributed by atoms with E-state index in [1.165, 1.54) is 11.1 Å². The Morgan fingerprint density at radius 3 is 2.57 bits per heavy atom. The lowest BCUT2D eigenvalue weighted by atomic mass is 10.0. The van der Waals surface area contributed by atoms with Crippen molar-refractivity contribution in [2.75, 3.05) is 37.6 Å². The standard InChI is InChI=1S/C22H31N5O/c1-4-20-19(16-18-10-7-6-8-11-18)21(25-17(3)24-20)26-12-9-13-27(15-14-26)22(28)23-5-2/h6-8,10-11H,4-5,9,12-16H2,1-3H3,(H,23,28). The van der Waals surface area contributed by atoms with Crippen LogP contribution in [0.4, 0.5) is 10.6 Å². The number of benzene rings is 1. The minimum atomic E-state index is 0.0296. The molecule has 3 rings (SSSR count). The van der Waals surface area contributed by atoms with Gasteiger partial charge in [-0.3, -0.25) is 0 Å². The fourth-order valence-electron chi connectivity index (χ4n) is 3.77. The monoisotopic (exact) mass is 381 g/mol. The molecule has 0 saturated carbocycles. The van der Waals surface area contributed by atoms with Crippen LogP contribution in [0.3, 0.4) is 0 Å². The molecule has 2 amide bonds. The first-order valence-electron chi connectivity index (χ1n) is 10.3. The van der Waals surface area contributed by atoms with Gasteiger partial charge in [-0.1, -0.05) is 37.3 Å². The highest BCUT2D eigenvalue weighted by atomic mass is 16.2. The van der Waals surface area contributed by atoms with Crippen molar-refractivity contribution in [1.29, 1.82) is 0 Å². The number of carbonyl (C=O) groups excluding carboxylic acids is 1. The van der Waals surface area contributed by atoms with Gasteiger partial charge in [-0.05, 0) is 32.3 Å². The molecule has 1 aliphatic rings. The van der Waals surface area contributed by atoms with Crippen molar-refractivity contribution < 1.29 is 4.79 Å². The zero-order chi connectivity index (χ0) is 19.9. The Balaban J connectivity index is 1.88. The highest BCUT2D eigenvalue weighted by Gasteiger charge is 2.23. The molecule has 0 unspecified atom stereocenters. The summed E-state index contributed by atoms with van der Waals surface area (Å²) in [5, 5.41) is 2.91. The molecule has 1 aliphatic heterocycles. The molecular weight excluding hydrogens is 350 g/mol. The molecule has 1 fully saturated rings. The molecule has 1 aromatic carbocycles. The van der Waals surface area contributed by atoms with Crippen LogP contribution in [0.15, 0.2) is 30.3 Å². The highest BCUT2D eigenvalue weighted by Crippen LogP contribution is 2.26. The summed E-state index contributed by atoms with van der Waals surface area (Å²) in [6.07, 6.45) is 2.65. The van der Waals surface area contributed by atoms with Crippen molar-refractivity contribution in [2.24, 2.45) is 0 Å². The number of anilines is 1. The summed E-state index contributed by atoms with van der Waals surface area (Å²) in [7, 11) is 0. The van der Waals surface area contributed by atoms with E-state index in [2.05, 4.69) is 41.4 Å². The fraction of sp³-hybridized carbons (Fsp3) is 0.500. The van der Waals surface area contributed by atoms with Gasteiger partial charge in [-0.2, -0.15) is 0 Å². The number of rotatable bonds is 5. The van der Waals surface area contributed by atoms with E-state index in [4.69, 9.17) is 9.97 Å². The quantitative estimate of drug-likeness (QED) is 0.864. The number of nitrogens with one attached hydrogen (secondary N) is 1. The SMILES string of the molecule is CCNC(=O)N1CCCN(c2nc(C)nc(CC)c2Cc2ccccc2)CC1. The topological polar surface area (TPSA) is 61.4 Å². The van der Waals surface area contributed by atoms with E-state index in [0.717, 1.165) is 56.2 Å². The largest absolute Gasteiger partial charge is 0.354 e. The maximum atomic E-state index is 12.2. The average Bonchev–Trinajstić information content (AvgIpc) is 2.96. The maximum Gasteiger partial charge on any atom is 0.317 e. The van der Waals surface area contributed by atoms with Crippen LogP contribution in [-0.4, -0.2) is 53.6 Å². The number of hydrogen-bond acceptors (Lipinski definition) is 4. The van der Waals surface area contributed by atoms with Gasteiger partial charge in [0.1, 0.15) is 11.6 Å². The van der Waals surface area contributed by atoms with Gasteiger partial charge in [0.15, 0.2) is 0 Å². The van der Waals surface area contributed by atoms with Crippen LogP contribution in [0.1, 0.15) is 42.9 Å². The minimum absolute atomic E-state index is 0.0296. The van der Waals surface area contributed by atoms with Crippen LogP contribution in [0.25, 0.3) is 0 Å². The molecule has 2 aromatic rings. The second-order valence-corrected chi connectivity index (χ2v) is 7.20. The van der Waals surface area contributed by atoms with Gasteiger partial charge in [0.05, 0.1) is 0 Å². The number of hydrogen-bond donors (Lipinski definition) is 1. The smallest absolute Gasteiger partial charge is 0.317 e. The number of aromatic nitrogens is 2. The van der Waals surface area contributed by atoms with E-state index in [0.29, 0.717) is 13.1 Å². The Kier molecular flexibility index (Phi) is 6.85. The van der Waals surface area contributed by atoms with E-state index in [-0.39, 0.29) is 6.03 Å². The molecule has 1 N–H and O–H groups in total. The Labute approximate surface area is 168 Å². The van der Waals surface area contributed by atoms with E-state index in [1.807, 2.05) is 24.8 Å². The van der Waals surface area contributed by atoms with E-state index < -0.39 is 0 Å². The van der Waals surface area contributed by atoms with Crippen LogP contribution in [0, 0.1) is 6.92 Å². The number of amides is 2. The molecule has 0 aliphatic carbocycles. The highest BCUT2D eigenvalue weighted by molar-refractivity contribution is 5.74. The van der Waals surface area contributed by atoms with Crippen molar-refractivity contribution in [3.63, 3.8) is 0 Å². The second-order valence-electron chi connectivity index (χ2n) is 7.20. The van der Waals surface area contributed by atoms with Gasteiger partial charge in [0.2, 0.25) is 0 Å². The van der Waals surface area contributed by atoms with Crippen LogP contribution in [0.2, 0.25) is 0 Å². The number of carbonyl (C=O) groups is 1. The molecule has 6 nitrogen and oxygen atoms in total. The molecule has 2 heterocycles. The average molecular weight is 382 g/mol. The summed E-state index contributed by atoms with van der Waals surface area (Å²) in [6, 6.07) is 10.5. The van der Waals surface area contributed by atoms with Crippen molar-refractivity contribution in [1.82, 2.24) is 20.2 Å². The summed E-state index contributed by atoms with van der Waals surface area (Å²) >= 11 is 0. The minimum Gasteiger partial charge on any atom is -0.354 e. The van der Waals surface area contributed by atoms with Crippen LogP contribution >= 0.6 is 0 Å². The molecule has 1 aromatic heterocycles. The van der Waals surface area contributed by atoms with Gasteiger partial charge in [0, 0.05) is 50.4 Å². The van der Waals surface area contributed by atoms with Crippen LogP contribution in [0.5, 0.6) is 0 Å². The molecular formula is C22H31N5O. The predicted molar refractivity (Wildman–Crippen MR) is 113 cm³/mol. The third kappa shape index (κ3) is 4.80. The molecule has 1 saturated heterocycles. The van der Waals surface area contributed by atoms with Gasteiger partial charge < -0.3 is 15.1 Å². The molecule has 0 spiro atoms. The van der Waals surface area contributed by atoms with E-state index in [1.54, 1.807) is 0 Å². The van der Waals surface area contributed by atoms with Gasteiger partial charge in [-0.25, -0.2) is 14.8 Å². The molecule has 28 heavy (non-hydrogen) atoms. The predicted octanol–water partition coefficient (Wildman–Crippen LogP) is 3.18. The number of urea groups is 1. The van der Waals surface area contributed by atoms with Crippen molar-refractivity contribution >= 4 is 11.8 Å². The fourth-order valence-corrected chi connectivity index (χ4v) is 3.77. The lowest BCUT2D eigenvalue weighted by Crippen LogP contribution is -2.42.